The van der Waals surface area contributed by atoms with E-state index in [-0.39, 0.29) is 22.5 Å². The molecule has 1 rings (SSSR count). The highest BCUT2D eigenvalue weighted by Crippen LogP contribution is 2.17. The SMILES string of the molecule is CC(CBr)NC(=O)c1ccc(F)cc1Cl. The van der Waals surface area contributed by atoms with Crippen LogP contribution in [0.4, 0.5) is 4.39 Å². The van der Waals surface area contributed by atoms with Crippen LogP contribution in [0.1, 0.15) is 17.3 Å². The van der Waals surface area contributed by atoms with E-state index in [0.29, 0.717) is 5.33 Å². The number of amides is 1. The molecule has 0 spiro atoms. The quantitative estimate of drug-likeness (QED) is 0.853. The Kier molecular flexibility index (Phi) is 4.54. The first kappa shape index (κ1) is 12.5. The van der Waals surface area contributed by atoms with E-state index >= 15 is 0 Å². The van der Waals surface area contributed by atoms with Crippen LogP contribution in [0.3, 0.4) is 0 Å². The van der Waals surface area contributed by atoms with Crippen molar-refractivity contribution in [2.45, 2.75) is 13.0 Å². The van der Waals surface area contributed by atoms with Crippen LogP contribution < -0.4 is 5.32 Å². The number of halogens is 3. The molecule has 0 aliphatic carbocycles. The van der Waals surface area contributed by atoms with E-state index in [4.69, 9.17) is 11.6 Å². The maximum Gasteiger partial charge on any atom is 0.253 e. The van der Waals surface area contributed by atoms with Crippen LogP contribution in [-0.4, -0.2) is 17.3 Å². The number of rotatable bonds is 3. The molecular formula is C10H10BrClFNO. The number of carbonyl (C=O) groups excluding carboxylic acids is 1. The van der Waals surface area contributed by atoms with Crippen LogP contribution >= 0.6 is 27.5 Å². The van der Waals surface area contributed by atoms with Gasteiger partial charge in [0, 0.05) is 11.4 Å². The maximum atomic E-state index is 12.7. The lowest BCUT2D eigenvalue weighted by molar-refractivity contribution is 0.0944. The van der Waals surface area contributed by atoms with Gasteiger partial charge in [-0.2, -0.15) is 0 Å². The minimum atomic E-state index is -0.454. The molecule has 0 aliphatic rings. The average Bonchev–Trinajstić information content (AvgIpc) is 2.17. The molecule has 0 saturated carbocycles. The van der Waals surface area contributed by atoms with E-state index in [1.807, 2.05) is 6.92 Å². The summed E-state index contributed by atoms with van der Waals surface area (Å²) in [5.74, 6) is -0.753. The summed E-state index contributed by atoms with van der Waals surface area (Å²) in [5, 5.41) is 3.48. The van der Waals surface area contributed by atoms with Crippen molar-refractivity contribution in [1.82, 2.24) is 5.32 Å². The molecule has 82 valence electrons. The maximum absolute atomic E-state index is 12.7. The van der Waals surface area contributed by atoms with Gasteiger partial charge in [0.1, 0.15) is 5.82 Å². The molecule has 15 heavy (non-hydrogen) atoms. The van der Waals surface area contributed by atoms with E-state index in [0.717, 1.165) is 6.07 Å². The molecule has 1 unspecified atom stereocenters. The Morgan fingerprint density at radius 1 is 1.67 bits per heavy atom. The Hall–Kier alpha value is -0.610. The fourth-order valence-electron chi connectivity index (χ4n) is 1.01. The van der Waals surface area contributed by atoms with Crippen molar-refractivity contribution >= 4 is 33.4 Å². The van der Waals surface area contributed by atoms with Crippen molar-refractivity contribution in [3.63, 3.8) is 0 Å². The fraction of sp³-hybridized carbons (Fsp3) is 0.300. The van der Waals surface area contributed by atoms with Gasteiger partial charge in [-0.15, -0.1) is 0 Å². The number of hydrogen-bond donors (Lipinski definition) is 1. The van der Waals surface area contributed by atoms with Crippen LogP contribution in [0, 0.1) is 5.82 Å². The van der Waals surface area contributed by atoms with Crippen LogP contribution in [0.15, 0.2) is 18.2 Å². The first-order valence-electron chi connectivity index (χ1n) is 4.36. The highest BCUT2D eigenvalue weighted by Gasteiger charge is 2.12. The van der Waals surface area contributed by atoms with E-state index in [1.54, 1.807) is 0 Å². The predicted octanol–water partition coefficient (Wildman–Crippen LogP) is 2.99. The largest absolute Gasteiger partial charge is 0.349 e. The van der Waals surface area contributed by atoms with Crippen LogP contribution in [-0.2, 0) is 0 Å². The summed E-state index contributed by atoms with van der Waals surface area (Å²) < 4.78 is 12.7. The van der Waals surface area contributed by atoms with E-state index in [1.165, 1.54) is 12.1 Å². The van der Waals surface area contributed by atoms with Crippen molar-refractivity contribution in [2.75, 3.05) is 5.33 Å². The van der Waals surface area contributed by atoms with Crippen LogP contribution in [0.5, 0.6) is 0 Å². The number of hydrogen-bond acceptors (Lipinski definition) is 1. The molecule has 2 nitrogen and oxygen atoms in total. The molecule has 1 aromatic carbocycles. The van der Waals surface area contributed by atoms with Crippen molar-refractivity contribution in [3.8, 4) is 0 Å². The smallest absolute Gasteiger partial charge is 0.253 e. The van der Waals surface area contributed by atoms with Crippen molar-refractivity contribution in [1.29, 1.82) is 0 Å². The number of nitrogens with one attached hydrogen (secondary N) is 1. The topological polar surface area (TPSA) is 29.1 Å². The normalized spacial score (nSPS) is 12.3. The lowest BCUT2D eigenvalue weighted by Crippen LogP contribution is -2.33. The van der Waals surface area contributed by atoms with Crippen molar-refractivity contribution in [2.24, 2.45) is 0 Å². The molecule has 1 aromatic rings. The van der Waals surface area contributed by atoms with Gasteiger partial charge in [-0.25, -0.2) is 4.39 Å². The zero-order valence-electron chi connectivity index (χ0n) is 8.06. The Morgan fingerprint density at radius 2 is 2.33 bits per heavy atom. The minimum Gasteiger partial charge on any atom is -0.349 e. The van der Waals surface area contributed by atoms with E-state index < -0.39 is 5.82 Å². The zero-order valence-corrected chi connectivity index (χ0v) is 10.4. The van der Waals surface area contributed by atoms with Gasteiger partial charge in [0.2, 0.25) is 0 Å². The summed E-state index contributed by atoms with van der Waals surface area (Å²) in [6, 6.07) is 3.70. The Bertz CT molecular complexity index is 372. The molecular weight excluding hydrogens is 284 g/mol. The summed E-state index contributed by atoms with van der Waals surface area (Å²) in [7, 11) is 0. The second-order valence-electron chi connectivity index (χ2n) is 3.15. The van der Waals surface area contributed by atoms with E-state index in [2.05, 4.69) is 21.2 Å². The van der Waals surface area contributed by atoms with Gasteiger partial charge in [0.25, 0.3) is 5.91 Å². The minimum absolute atomic E-state index is 0.00128. The van der Waals surface area contributed by atoms with Gasteiger partial charge in [-0.1, -0.05) is 27.5 Å². The van der Waals surface area contributed by atoms with E-state index in [9.17, 15) is 9.18 Å². The fourth-order valence-corrected chi connectivity index (χ4v) is 1.43. The average molecular weight is 295 g/mol. The third kappa shape index (κ3) is 3.47. The molecule has 0 aromatic heterocycles. The van der Waals surface area contributed by atoms with Crippen molar-refractivity contribution in [3.05, 3.63) is 34.6 Å². The molecule has 0 radical (unpaired) electrons. The molecule has 0 bridgehead atoms. The summed E-state index contributed by atoms with van der Waals surface area (Å²) >= 11 is 8.98. The third-order valence-corrected chi connectivity index (χ3v) is 3.07. The predicted molar refractivity (Wildman–Crippen MR) is 62.1 cm³/mol. The van der Waals surface area contributed by atoms with Crippen molar-refractivity contribution < 1.29 is 9.18 Å². The summed E-state index contributed by atoms with van der Waals surface area (Å²) in [6.45, 7) is 1.85. The molecule has 1 amide bonds. The monoisotopic (exact) mass is 293 g/mol. The molecule has 0 fully saturated rings. The number of carbonyl (C=O) groups is 1. The highest BCUT2D eigenvalue weighted by atomic mass is 79.9. The second kappa shape index (κ2) is 5.47. The Morgan fingerprint density at radius 3 is 2.87 bits per heavy atom. The van der Waals surface area contributed by atoms with Crippen LogP contribution in [0.25, 0.3) is 0 Å². The number of alkyl halides is 1. The summed E-state index contributed by atoms with van der Waals surface area (Å²) in [6.07, 6.45) is 0. The summed E-state index contributed by atoms with van der Waals surface area (Å²) in [5.41, 5.74) is 0.283. The third-order valence-electron chi connectivity index (χ3n) is 1.78. The first-order valence-corrected chi connectivity index (χ1v) is 5.86. The molecule has 0 heterocycles. The van der Waals surface area contributed by atoms with Gasteiger partial charge in [0.05, 0.1) is 10.6 Å². The highest BCUT2D eigenvalue weighted by molar-refractivity contribution is 9.09. The Labute approximate surface area is 101 Å². The van der Waals surface area contributed by atoms with Gasteiger partial charge < -0.3 is 5.32 Å². The first-order chi connectivity index (χ1) is 7.04. The Balaban J connectivity index is 2.82. The lowest BCUT2D eigenvalue weighted by Gasteiger charge is -2.11. The van der Waals surface area contributed by atoms with Gasteiger partial charge in [-0.05, 0) is 25.1 Å². The van der Waals surface area contributed by atoms with Gasteiger partial charge >= 0.3 is 0 Å². The number of benzene rings is 1. The molecule has 5 heteroatoms. The lowest BCUT2D eigenvalue weighted by atomic mass is 10.2. The van der Waals surface area contributed by atoms with Crippen LogP contribution in [0.2, 0.25) is 5.02 Å². The molecule has 0 aliphatic heterocycles. The molecule has 0 saturated heterocycles. The molecule has 1 atom stereocenters. The zero-order chi connectivity index (χ0) is 11.4. The van der Waals surface area contributed by atoms with Gasteiger partial charge in [-0.3, -0.25) is 4.79 Å². The standard InChI is InChI=1S/C10H10BrClFNO/c1-6(5-11)14-10(15)8-3-2-7(13)4-9(8)12/h2-4,6H,5H2,1H3,(H,14,15). The molecule has 1 N–H and O–H groups in total. The van der Waals surface area contributed by atoms with Gasteiger partial charge in [0.15, 0.2) is 0 Å². The summed E-state index contributed by atoms with van der Waals surface area (Å²) in [4.78, 5) is 11.6. The second-order valence-corrected chi connectivity index (χ2v) is 4.21.